The van der Waals surface area contributed by atoms with E-state index in [0.717, 1.165) is 25.9 Å². The molecule has 0 spiro atoms. The molecule has 2 aliphatic rings. The van der Waals surface area contributed by atoms with Crippen molar-refractivity contribution in [3.8, 4) is 0 Å². The fraction of sp³-hybridized carbons (Fsp3) is 0.650. The first-order chi connectivity index (χ1) is 11.7. The average molecular weight is 327 g/mol. The lowest BCUT2D eigenvalue weighted by Crippen LogP contribution is -2.43. The standard InChI is InChI=1S/C20H29N3O/c1-16(2)22-12-8-19(9-13-22)24-20-10-14-23(15-11-20)18-6-4-17(21-3)5-7-18/h4-7,16,19-20H,8-15H2,1-2H3. The van der Waals surface area contributed by atoms with Crippen LogP contribution in [-0.2, 0) is 4.74 Å². The Morgan fingerprint density at radius 2 is 1.50 bits per heavy atom. The van der Waals surface area contributed by atoms with Gasteiger partial charge < -0.3 is 14.5 Å². The van der Waals surface area contributed by atoms with E-state index in [-0.39, 0.29) is 0 Å². The van der Waals surface area contributed by atoms with Crippen LogP contribution < -0.4 is 4.90 Å². The van der Waals surface area contributed by atoms with E-state index < -0.39 is 0 Å². The molecule has 0 aromatic heterocycles. The van der Waals surface area contributed by atoms with Crippen LogP contribution in [0.2, 0.25) is 0 Å². The molecule has 24 heavy (non-hydrogen) atoms. The molecule has 1 aromatic carbocycles. The predicted octanol–water partition coefficient (Wildman–Crippen LogP) is 4.10. The summed E-state index contributed by atoms with van der Waals surface area (Å²) >= 11 is 0. The molecule has 1 aromatic rings. The second-order valence-corrected chi connectivity index (χ2v) is 7.28. The molecule has 3 rings (SSSR count). The maximum absolute atomic E-state index is 7.04. The normalized spacial score (nSPS) is 21.2. The van der Waals surface area contributed by atoms with Crippen LogP contribution in [0.5, 0.6) is 0 Å². The highest BCUT2D eigenvalue weighted by atomic mass is 16.5. The van der Waals surface area contributed by atoms with Gasteiger partial charge >= 0.3 is 0 Å². The summed E-state index contributed by atoms with van der Waals surface area (Å²) in [5.41, 5.74) is 1.94. The van der Waals surface area contributed by atoms with Crippen molar-refractivity contribution in [1.29, 1.82) is 0 Å². The van der Waals surface area contributed by atoms with Gasteiger partial charge in [-0.2, -0.15) is 0 Å². The first-order valence-electron chi connectivity index (χ1n) is 9.27. The average Bonchev–Trinajstić information content (AvgIpc) is 2.63. The number of benzene rings is 1. The van der Waals surface area contributed by atoms with Crippen LogP contribution >= 0.6 is 0 Å². The largest absolute Gasteiger partial charge is 0.375 e. The fourth-order valence-corrected chi connectivity index (χ4v) is 3.79. The number of ether oxygens (including phenoxy) is 1. The molecule has 0 bridgehead atoms. The van der Waals surface area contributed by atoms with Crippen molar-refractivity contribution in [3.63, 3.8) is 0 Å². The van der Waals surface area contributed by atoms with Crippen molar-refractivity contribution in [1.82, 2.24) is 4.90 Å². The Labute approximate surface area is 146 Å². The zero-order chi connectivity index (χ0) is 16.9. The maximum Gasteiger partial charge on any atom is 0.187 e. The molecule has 0 saturated carbocycles. The number of nitrogens with zero attached hydrogens (tertiary/aromatic N) is 3. The van der Waals surface area contributed by atoms with Gasteiger partial charge in [-0.1, -0.05) is 12.1 Å². The summed E-state index contributed by atoms with van der Waals surface area (Å²) in [5, 5.41) is 0. The van der Waals surface area contributed by atoms with Gasteiger partial charge in [0.15, 0.2) is 5.69 Å². The quantitative estimate of drug-likeness (QED) is 0.777. The monoisotopic (exact) mass is 327 g/mol. The Balaban J connectivity index is 1.43. The van der Waals surface area contributed by atoms with E-state index in [1.807, 2.05) is 12.1 Å². The number of rotatable bonds is 4. The molecule has 2 heterocycles. The van der Waals surface area contributed by atoms with Crippen molar-refractivity contribution in [2.24, 2.45) is 0 Å². The first-order valence-corrected chi connectivity index (χ1v) is 9.27. The van der Waals surface area contributed by atoms with Crippen LogP contribution in [-0.4, -0.2) is 49.3 Å². The first kappa shape index (κ1) is 17.3. The van der Waals surface area contributed by atoms with E-state index in [4.69, 9.17) is 11.3 Å². The molecule has 4 heteroatoms. The highest BCUT2D eigenvalue weighted by Gasteiger charge is 2.26. The van der Waals surface area contributed by atoms with Crippen LogP contribution in [0.15, 0.2) is 24.3 Å². The maximum atomic E-state index is 7.04. The molecule has 0 radical (unpaired) electrons. The van der Waals surface area contributed by atoms with Gasteiger partial charge in [0.05, 0.1) is 18.8 Å². The third-order valence-corrected chi connectivity index (χ3v) is 5.38. The predicted molar refractivity (Wildman–Crippen MR) is 98.8 cm³/mol. The summed E-state index contributed by atoms with van der Waals surface area (Å²) in [4.78, 5) is 8.42. The zero-order valence-electron chi connectivity index (χ0n) is 14.9. The number of likely N-dealkylation sites (tertiary alicyclic amines) is 1. The van der Waals surface area contributed by atoms with Gasteiger partial charge in [0.25, 0.3) is 0 Å². The highest BCUT2D eigenvalue weighted by Crippen LogP contribution is 2.26. The topological polar surface area (TPSA) is 20.1 Å². The van der Waals surface area contributed by atoms with Gasteiger partial charge in [-0.25, -0.2) is 4.85 Å². The van der Waals surface area contributed by atoms with Crippen LogP contribution in [0.3, 0.4) is 0 Å². The number of anilines is 1. The lowest BCUT2D eigenvalue weighted by molar-refractivity contribution is -0.0540. The van der Waals surface area contributed by atoms with E-state index >= 15 is 0 Å². The van der Waals surface area contributed by atoms with E-state index in [0.29, 0.717) is 23.9 Å². The lowest BCUT2D eigenvalue weighted by atomic mass is 10.0. The van der Waals surface area contributed by atoms with Crippen molar-refractivity contribution in [2.45, 2.75) is 57.8 Å². The van der Waals surface area contributed by atoms with E-state index in [1.54, 1.807) is 0 Å². The summed E-state index contributed by atoms with van der Waals surface area (Å²) in [6.45, 7) is 16.0. The molecule has 0 N–H and O–H groups in total. The Morgan fingerprint density at radius 3 is 2.00 bits per heavy atom. The van der Waals surface area contributed by atoms with E-state index in [2.05, 4.69) is 40.6 Å². The molecule has 0 unspecified atom stereocenters. The number of hydrogen-bond acceptors (Lipinski definition) is 3. The molecule has 4 nitrogen and oxygen atoms in total. The third kappa shape index (κ3) is 4.28. The zero-order valence-corrected chi connectivity index (χ0v) is 14.9. The molecule has 0 amide bonds. The summed E-state index contributed by atoms with van der Waals surface area (Å²) in [6, 6.07) is 8.61. The van der Waals surface area contributed by atoms with Crippen LogP contribution in [0.4, 0.5) is 11.4 Å². The van der Waals surface area contributed by atoms with Gasteiger partial charge in [0, 0.05) is 37.9 Å². The lowest BCUT2D eigenvalue weighted by Gasteiger charge is -2.38. The molecule has 2 fully saturated rings. The Kier molecular flexibility index (Phi) is 5.76. The molecule has 0 aliphatic carbocycles. The summed E-state index contributed by atoms with van der Waals surface area (Å²) in [5.74, 6) is 0. The Morgan fingerprint density at radius 1 is 0.958 bits per heavy atom. The minimum Gasteiger partial charge on any atom is -0.375 e. The van der Waals surface area contributed by atoms with Gasteiger partial charge in [0.2, 0.25) is 0 Å². The molecule has 0 atom stereocenters. The summed E-state index contributed by atoms with van der Waals surface area (Å²) in [7, 11) is 0. The molecule has 130 valence electrons. The van der Waals surface area contributed by atoms with Crippen molar-refractivity contribution < 1.29 is 4.74 Å². The molecule has 2 saturated heterocycles. The molecule has 2 aliphatic heterocycles. The second-order valence-electron chi connectivity index (χ2n) is 7.28. The summed E-state index contributed by atoms with van der Waals surface area (Å²) < 4.78 is 6.39. The fourth-order valence-electron chi connectivity index (χ4n) is 3.79. The minimum atomic E-state index is 0.416. The van der Waals surface area contributed by atoms with Crippen molar-refractivity contribution in [2.75, 3.05) is 31.1 Å². The van der Waals surface area contributed by atoms with Gasteiger partial charge in [0.1, 0.15) is 0 Å². The minimum absolute atomic E-state index is 0.416. The van der Waals surface area contributed by atoms with Crippen molar-refractivity contribution >= 4 is 11.4 Å². The van der Waals surface area contributed by atoms with Crippen LogP contribution in [0.1, 0.15) is 39.5 Å². The Bertz CT molecular complexity index is 547. The molecular formula is C20H29N3O. The smallest absolute Gasteiger partial charge is 0.187 e. The van der Waals surface area contributed by atoms with Gasteiger partial charge in [-0.05, 0) is 51.7 Å². The van der Waals surface area contributed by atoms with Crippen molar-refractivity contribution in [3.05, 3.63) is 35.7 Å². The molecular weight excluding hydrogens is 298 g/mol. The highest BCUT2D eigenvalue weighted by molar-refractivity contribution is 5.55. The van der Waals surface area contributed by atoms with E-state index in [1.165, 1.54) is 31.6 Å². The Hall–Kier alpha value is -1.57. The number of hydrogen-bond donors (Lipinski definition) is 0. The SMILES string of the molecule is [C-]#[N+]c1ccc(N2CCC(OC3CCN(C(C)C)CC3)CC2)cc1. The number of piperidine rings is 2. The van der Waals surface area contributed by atoms with Gasteiger partial charge in [-0.15, -0.1) is 0 Å². The van der Waals surface area contributed by atoms with E-state index in [9.17, 15) is 0 Å². The van der Waals surface area contributed by atoms with Crippen LogP contribution in [0, 0.1) is 6.57 Å². The second kappa shape index (κ2) is 8.00. The summed E-state index contributed by atoms with van der Waals surface area (Å²) in [6.07, 6.45) is 5.44. The van der Waals surface area contributed by atoms with Gasteiger partial charge in [-0.3, -0.25) is 0 Å². The third-order valence-electron chi connectivity index (χ3n) is 5.38. The van der Waals surface area contributed by atoms with Crippen LogP contribution in [0.25, 0.3) is 4.85 Å².